The van der Waals surface area contributed by atoms with Crippen LogP contribution in [-0.2, 0) is 11.2 Å². The van der Waals surface area contributed by atoms with Gasteiger partial charge in [0.25, 0.3) is 0 Å². The van der Waals surface area contributed by atoms with E-state index in [0.29, 0.717) is 29.4 Å². The van der Waals surface area contributed by atoms with Crippen molar-refractivity contribution in [1.82, 2.24) is 4.90 Å². The highest BCUT2D eigenvalue weighted by Crippen LogP contribution is 2.38. The molecule has 2 N–H and O–H groups in total. The first-order chi connectivity index (χ1) is 15.5. The van der Waals surface area contributed by atoms with Crippen molar-refractivity contribution in [1.29, 1.82) is 5.26 Å². The molecule has 0 aromatic heterocycles. The number of piperidine rings is 1. The average molecular weight is 430 g/mol. The second-order valence-corrected chi connectivity index (χ2v) is 9.34. The molecule has 5 nitrogen and oxygen atoms in total. The minimum absolute atomic E-state index is 0.0305. The van der Waals surface area contributed by atoms with Gasteiger partial charge in [-0.2, -0.15) is 5.26 Å². The summed E-state index contributed by atoms with van der Waals surface area (Å²) in [6, 6.07) is 15.6. The number of nitrogens with two attached hydrogens (primary N) is 1. The first-order valence-corrected chi connectivity index (χ1v) is 11.6. The lowest BCUT2D eigenvalue weighted by Crippen LogP contribution is -2.45. The van der Waals surface area contributed by atoms with E-state index in [4.69, 9.17) is 11.0 Å². The Morgan fingerprint density at radius 1 is 1.09 bits per heavy atom. The predicted molar refractivity (Wildman–Crippen MR) is 124 cm³/mol. The molecule has 166 valence electrons. The van der Waals surface area contributed by atoms with Crippen LogP contribution in [0.15, 0.2) is 42.5 Å². The largest absolute Gasteiger partial charge is 0.366 e. The molecule has 5 heteroatoms. The van der Waals surface area contributed by atoms with E-state index in [1.165, 1.54) is 12.0 Å². The second kappa shape index (κ2) is 9.56. The van der Waals surface area contributed by atoms with Crippen LogP contribution >= 0.6 is 0 Å². The zero-order valence-electron chi connectivity index (χ0n) is 18.7. The van der Waals surface area contributed by atoms with E-state index in [1.807, 2.05) is 43.3 Å². The number of benzene rings is 2. The Bertz CT molecular complexity index is 1030. The Hall–Kier alpha value is -3.13. The smallest absolute Gasteiger partial charge is 0.248 e. The summed E-state index contributed by atoms with van der Waals surface area (Å²) in [5.41, 5.74) is 10.1. The molecule has 2 aromatic rings. The summed E-state index contributed by atoms with van der Waals surface area (Å²) in [6.45, 7) is 3.57. The Morgan fingerprint density at radius 2 is 1.78 bits per heavy atom. The molecule has 1 aliphatic heterocycles. The minimum atomic E-state index is -0.428. The number of nitrogens with zero attached hydrogens (tertiary/aromatic N) is 2. The Labute approximate surface area is 190 Å². The molecule has 2 amide bonds. The van der Waals surface area contributed by atoms with Crippen LogP contribution in [0.5, 0.6) is 0 Å². The van der Waals surface area contributed by atoms with Crippen molar-refractivity contribution in [3.05, 3.63) is 70.3 Å². The molecule has 1 atom stereocenters. The van der Waals surface area contributed by atoms with Crippen LogP contribution in [0.4, 0.5) is 0 Å². The molecular weight excluding hydrogens is 398 g/mol. The number of carbonyl (C=O) groups is 2. The van der Waals surface area contributed by atoms with Gasteiger partial charge in [0, 0.05) is 24.6 Å². The number of rotatable bonds is 6. The average Bonchev–Trinajstić information content (AvgIpc) is 2.78. The third-order valence-electron chi connectivity index (χ3n) is 7.43. The minimum Gasteiger partial charge on any atom is -0.366 e. The Balaban J connectivity index is 1.44. The highest BCUT2D eigenvalue weighted by molar-refractivity contribution is 5.93. The number of carbonyl (C=O) groups excluding carboxylic acids is 2. The number of hydrogen-bond acceptors (Lipinski definition) is 3. The zero-order valence-corrected chi connectivity index (χ0v) is 18.7. The van der Waals surface area contributed by atoms with Gasteiger partial charge in [0.05, 0.1) is 11.6 Å². The van der Waals surface area contributed by atoms with Gasteiger partial charge < -0.3 is 10.6 Å². The van der Waals surface area contributed by atoms with Crippen LogP contribution in [-0.4, -0.2) is 29.8 Å². The fraction of sp³-hybridized carbons (Fsp3) is 0.444. The summed E-state index contributed by atoms with van der Waals surface area (Å²) in [6.07, 6.45) is 5.97. The summed E-state index contributed by atoms with van der Waals surface area (Å²) in [4.78, 5) is 27.3. The summed E-state index contributed by atoms with van der Waals surface area (Å²) in [5.74, 6) is 0.662. The standard InChI is InChI=1S/C27H31N3O2/c1-18-5-8-23(26(29)31)15-24(18)16-25(22-3-2-4-22)27(32)30-13-11-21(12-14-30)20-9-6-19(17-28)7-10-20/h5-10,15,21-22,25H,2-4,11-14,16H2,1H3,(H2,29,31). The Morgan fingerprint density at radius 3 is 2.34 bits per heavy atom. The second-order valence-electron chi connectivity index (χ2n) is 9.34. The van der Waals surface area contributed by atoms with Crippen LogP contribution in [0.25, 0.3) is 0 Å². The van der Waals surface area contributed by atoms with E-state index in [1.54, 1.807) is 6.07 Å². The molecule has 1 saturated carbocycles. The molecule has 2 aliphatic rings. The van der Waals surface area contributed by atoms with Crippen molar-refractivity contribution < 1.29 is 9.59 Å². The molecule has 1 saturated heterocycles. The topological polar surface area (TPSA) is 87.2 Å². The van der Waals surface area contributed by atoms with Gasteiger partial charge in [0.15, 0.2) is 0 Å². The Kier molecular flexibility index (Phi) is 6.60. The zero-order chi connectivity index (χ0) is 22.7. The quantitative estimate of drug-likeness (QED) is 0.741. The van der Waals surface area contributed by atoms with Gasteiger partial charge in [0.2, 0.25) is 11.8 Å². The molecule has 1 aliphatic carbocycles. The summed E-state index contributed by atoms with van der Waals surface area (Å²) in [5, 5.41) is 9.00. The van der Waals surface area contributed by atoms with E-state index in [0.717, 1.165) is 49.9 Å². The van der Waals surface area contributed by atoms with Crippen molar-refractivity contribution in [2.24, 2.45) is 17.6 Å². The first kappa shape index (κ1) is 22.1. The molecule has 0 bridgehead atoms. The molecular formula is C27H31N3O2. The highest BCUT2D eigenvalue weighted by atomic mass is 16.2. The van der Waals surface area contributed by atoms with Crippen LogP contribution < -0.4 is 5.73 Å². The van der Waals surface area contributed by atoms with Crippen LogP contribution in [0.1, 0.15) is 70.6 Å². The normalized spacial score (nSPS) is 17.9. The lowest BCUT2D eigenvalue weighted by atomic mass is 9.72. The molecule has 0 spiro atoms. The maximum atomic E-state index is 13.6. The van der Waals surface area contributed by atoms with Crippen molar-refractivity contribution in [3.63, 3.8) is 0 Å². The van der Waals surface area contributed by atoms with Crippen LogP contribution in [0, 0.1) is 30.1 Å². The van der Waals surface area contributed by atoms with Crippen LogP contribution in [0.2, 0.25) is 0 Å². The van der Waals surface area contributed by atoms with E-state index in [9.17, 15) is 9.59 Å². The monoisotopic (exact) mass is 429 g/mol. The van der Waals surface area contributed by atoms with E-state index in [2.05, 4.69) is 11.0 Å². The summed E-state index contributed by atoms with van der Waals surface area (Å²) in [7, 11) is 0. The molecule has 2 fully saturated rings. The van der Waals surface area contributed by atoms with Crippen molar-refractivity contribution in [2.75, 3.05) is 13.1 Å². The molecule has 0 radical (unpaired) electrons. The summed E-state index contributed by atoms with van der Waals surface area (Å²) >= 11 is 0. The predicted octanol–water partition coefficient (Wildman–Crippen LogP) is 4.33. The maximum absolute atomic E-state index is 13.6. The van der Waals surface area contributed by atoms with E-state index >= 15 is 0 Å². The van der Waals surface area contributed by atoms with Crippen LogP contribution in [0.3, 0.4) is 0 Å². The number of hydrogen-bond donors (Lipinski definition) is 1. The highest BCUT2D eigenvalue weighted by Gasteiger charge is 2.36. The lowest BCUT2D eigenvalue weighted by molar-refractivity contribution is -0.139. The number of amides is 2. The van der Waals surface area contributed by atoms with Gasteiger partial charge in [-0.15, -0.1) is 0 Å². The van der Waals surface area contributed by atoms with Gasteiger partial charge in [0.1, 0.15) is 0 Å². The van der Waals surface area contributed by atoms with Gasteiger partial charge in [-0.3, -0.25) is 9.59 Å². The molecule has 4 rings (SSSR count). The number of aryl methyl sites for hydroxylation is 1. The number of nitriles is 1. The van der Waals surface area contributed by atoms with Crippen molar-refractivity contribution in [2.45, 2.75) is 51.4 Å². The fourth-order valence-corrected chi connectivity index (χ4v) is 5.08. The third-order valence-corrected chi connectivity index (χ3v) is 7.43. The lowest BCUT2D eigenvalue weighted by Gasteiger charge is -2.39. The van der Waals surface area contributed by atoms with Crippen molar-refractivity contribution >= 4 is 11.8 Å². The number of likely N-dealkylation sites (tertiary alicyclic amines) is 1. The summed E-state index contributed by atoms with van der Waals surface area (Å²) < 4.78 is 0. The SMILES string of the molecule is Cc1ccc(C(N)=O)cc1CC(C(=O)N1CCC(c2ccc(C#N)cc2)CC1)C1CCC1. The fourth-order valence-electron chi connectivity index (χ4n) is 5.08. The van der Waals surface area contributed by atoms with E-state index in [-0.39, 0.29) is 11.8 Å². The molecule has 1 heterocycles. The van der Waals surface area contributed by atoms with Gasteiger partial charge in [-0.1, -0.05) is 24.6 Å². The van der Waals surface area contributed by atoms with Crippen molar-refractivity contribution in [3.8, 4) is 6.07 Å². The molecule has 1 unspecified atom stereocenters. The number of primary amides is 1. The van der Waals surface area contributed by atoms with Gasteiger partial charge in [-0.05, 0) is 91.8 Å². The molecule has 32 heavy (non-hydrogen) atoms. The first-order valence-electron chi connectivity index (χ1n) is 11.6. The molecule has 2 aromatic carbocycles. The van der Waals surface area contributed by atoms with Gasteiger partial charge >= 0.3 is 0 Å². The van der Waals surface area contributed by atoms with E-state index < -0.39 is 5.91 Å². The van der Waals surface area contributed by atoms with Gasteiger partial charge in [-0.25, -0.2) is 0 Å². The third kappa shape index (κ3) is 4.70. The maximum Gasteiger partial charge on any atom is 0.248 e.